The van der Waals surface area contributed by atoms with Crippen molar-refractivity contribution < 1.29 is 9.13 Å². The smallest absolute Gasteiger partial charge is 0.219 e. The second-order valence-electron chi connectivity index (χ2n) is 6.06. The Morgan fingerprint density at radius 1 is 1.14 bits per heavy atom. The first kappa shape index (κ1) is 15.4. The Morgan fingerprint density at radius 3 is 2.57 bits per heavy atom. The molecule has 1 aromatic carbocycles. The predicted molar refractivity (Wildman–Crippen MR) is 82.0 cm³/mol. The molecule has 0 amide bonds. The van der Waals surface area contributed by atoms with Crippen LogP contribution >= 0.6 is 0 Å². The van der Waals surface area contributed by atoms with Gasteiger partial charge >= 0.3 is 0 Å². The molecule has 0 saturated heterocycles. The highest BCUT2D eigenvalue weighted by molar-refractivity contribution is 5.33. The third kappa shape index (κ3) is 4.53. The second-order valence-corrected chi connectivity index (χ2v) is 6.06. The van der Waals surface area contributed by atoms with Crippen molar-refractivity contribution in [1.82, 2.24) is 10.3 Å². The zero-order valence-corrected chi connectivity index (χ0v) is 12.9. The lowest BCUT2D eigenvalue weighted by Gasteiger charge is -2.20. The van der Waals surface area contributed by atoms with Gasteiger partial charge in [0, 0.05) is 18.2 Å². The van der Waals surface area contributed by atoms with Gasteiger partial charge in [0.15, 0.2) is 11.6 Å². The van der Waals surface area contributed by atoms with E-state index in [1.807, 2.05) is 12.1 Å². The normalized spacial score (nSPS) is 11.5. The Kier molecular flexibility index (Phi) is 4.58. The van der Waals surface area contributed by atoms with Crippen molar-refractivity contribution in [2.24, 2.45) is 0 Å². The van der Waals surface area contributed by atoms with Crippen LogP contribution in [-0.4, -0.2) is 10.5 Å². The van der Waals surface area contributed by atoms with Crippen LogP contribution in [0, 0.1) is 12.7 Å². The van der Waals surface area contributed by atoms with Gasteiger partial charge in [-0.2, -0.15) is 0 Å². The summed E-state index contributed by atoms with van der Waals surface area (Å²) in [6.45, 7) is 8.62. The maximum Gasteiger partial charge on any atom is 0.219 e. The van der Waals surface area contributed by atoms with Gasteiger partial charge in [-0.3, -0.25) is 0 Å². The molecule has 0 spiro atoms. The fourth-order valence-electron chi connectivity index (χ4n) is 1.78. The quantitative estimate of drug-likeness (QED) is 0.915. The third-order valence-corrected chi connectivity index (χ3v) is 2.95. The van der Waals surface area contributed by atoms with Gasteiger partial charge in [0.2, 0.25) is 5.88 Å². The van der Waals surface area contributed by atoms with E-state index in [2.05, 4.69) is 31.1 Å². The molecule has 0 unspecified atom stereocenters. The molecule has 0 fully saturated rings. The third-order valence-electron chi connectivity index (χ3n) is 2.95. The Hall–Kier alpha value is -1.94. The summed E-state index contributed by atoms with van der Waals surface area (Å²) in [6, 6.07) is 10.6. The summed E-state index contributed by atoms with van der Waals surface area (Å²) in [4.78, 5) is 4.39. The molecule has 1 heterocycles. The Labute approximate surface area is 125 Å². The molecule has 1 N–H and O–H groups in total. The van der Waals surface area contributed by atoms with E-state index < -0.39 is 0 Å². The van der Waals surface area contributed by atoms with Crippen molar-refractivity contribution in [3.63, 3.8) is 0 Å². The lowest BCUT2D eigenvalue weighted by Crippen LogP contribution is -2.35. The maximum absolute atomic E-state index is 13.9. The van der Waals surface area contributed by atoms with Crippen LogP contribution in [0.1, 0.15) is 32.0 Å². The molecule has 2 rings (SSSR count). The lowest BCUT2D eigenvalue weighted by atomic mass is 10.1. The molecule has 0 aliphatic heterocycles. The monoisotopic (exact) mass is 288 g/mol. The van der Waals surface area contributed by atoms with Crippen LogP contribution in [0.15, 0.2) is 36.4 Å². The summed E-state index contributed by atoms with van der Waals surface area (Å²) in [5, 5.41) is 3.36. The molecule has 21 heavy (non-hydrogen) atoms. The van der Waals surface area contributed by atoms with Crippen LogP contribution in [0.25, 0.3) is 0 Å². The number of ether oxygens (including phenoxy) is 1. The largest absolute Gasteiger partial charge is 0.436 e. The molecule has 0 aliphatic rings. The zero-order chi connectivity index (χ0) is 15.5. The molecule has 0 radical (unpaired) electrons. The molecule has 0 atom stereocenters. The number of halogens is 1. The van der Waals surface area contributed by atoms with E-state index >= 15 is 0 Å². The molecule has 1 aromatic heterocycles. The number of aromatic nitrogens is 1. The zero-order valence-electron chi connectivity index (χ0n) is 12.9. The second kappa shape index (κ2) is 6.22. The fourth-order valence-corrected chi connectivity index (χ4v) is 1.78. The van der Waals surface area contributed by atoms with Crippen LogP contribution in [0.2, 0.25) is 0 Å². The van der Waals surface area contributed by atoms with Gasteiger partial charge in [0.25, 0.3) is 0 Å². The van der Waals surface area contributed by atoms with Gasteiger partial charge in [-0.05, 0) is 45.4 Å². The topological polar surface area (TPSA) is 34.1 Å². The van der Waals surface area contributed by atoms with Gasteiger partial charge in [-0.1, -0.05) is 18.2 Å². The number of rotatable bonds is 4. The highest BCUT2D eigenvalue weighted by atomic mass is 19.1. The summed E-state index contributed by atoms with van der Waals surface area (Å²) < 4.78 is 19.5. The van der Waals surface area contributed by atoms with E-state index in [1.54, 1.807) is 31.2 Å². The number of benzene rings is 1. The molecule has 112 valence electrons. The predicted octanol–water partition coefficient (Wildman–Crippen LogP) is 4.21. The van der Waals surface area contributed by atoms with Gasteiger partial charge in [0.1, 0.15) is 0 Å². The minimum Gasteiger partial charge on any atom is -0.436 e. The number of nitrogens with zero attached hydrogens (tertiary/aromatic N) is 1. The molecule has 4 heteroatoms. The average molecular weight is 288 g/mol. The van der Waals surface area contributed by atoms with E-state index in [0.29, 0.717) is 18.0 Å². The van der Waals surface area contributed by atoms with Gasteiger partial charge < -0.3 is 10.1 Å². The molecule has 3 nitrogen and oxygen atoms in total. The number of nitrogens with one attached hydrogen (secondary N) is 1. The van der Waals surface area contributed by atoms with E-state index in [0.717, 1.165) is 5.69 Å². The molecular weight excluding hydrogens is 267 g/mol. The van der Waals surface area contributed by atoms with E-state index in [-0.39, 0.29) is 17.1 Å². The highest BCUT2D eigenvalue weighted by Crippen LogP contribution is 2.24. The van der Waals surface area contributed by atoms with Crippen molar-refractivity contribution in [3.8, 4) is 11.6 Å². The maximum atomic E-state index is 13.9. The average Bonchev–Trinajstić information content (AvgIpc) is 2.41. The minimum absolute atomic E-state index is 0.0151. The number of hydrogen-bond donors (Lipinski definition) is 1. The summed E-state index contributed by atoms with van der Waals surface area (Å²) >= 11 is 0. The van der Waals surface area contributed by atoms with E-state index in [1.165, 1.54) is 0 Å². The standard InChI is InChI=1S/C17H21FN2O/c1-12-7-5-9-14(16(12)18)21-15-10-6-8-13(20-15)11-19-17(2,3)4/h5-10,19H,11H2,1-4H3. The van der Waals surface area contributed by atoms with Gasteiger partial charge in [-0.15, -0.1) is 0 Å². The lowest BCUT2D eigenvalue weighted by molar-refractivity contribution is 0.409. The van der Waals surface area contributed by atoms with Crippen molar-refractivity contribution >= 4 is 0 Å². The summed E-state index contributed by atoms with van der Waals surface area (Å²) in [5.41, 5.74) is 1.43. The van der Waals surface area contributed by atoms with Crippen molar-refractivity contribution in [3.05, 3.63) is 53.5 Å². The van der Waals surface area contributed by atoms with Crippen LogP contribution in [0.3, 0.4) is 0 Å². The Morgan fingerprint density at radius 2 is 1.86 bits per heavy atom. The van der Waals surface area contributed by atoms with E-state index in [9.17, 15) is 4.39 Å². The molecule has 0 saturated carbocycles. The van der Waals surface area contributed by atoms with Crippen molar-refractivity contribution in [2.75, 3.05) is 0 Å². The van der Waals surface area contributed by atoms with Crippen LogP contribution in [0.5, 0.6) is 11.6 Å². The van der Waals surface area contributed by atoms with Crippen LogP contribution < -0.4 is 10.1 Å². The van der Waals surface area contributed by atoms with Gasteiger partial charge in [-0.25, -0.2) is 9.37 Å². The van der Waals surface area contributed by atoms with Gasteiger partial charge in [0.05, 0.1) is 5.69 Å². The first-order chi connectivity index (χ1) is 9.85. The fraction of sp³-hybridized carbons (Fsp3) is 0.353. The summed E-state index contributed by atoms with van der Waals surface area (Å²) in [6.07, 6.45) is 0. The highest BCUT2D eigenvalue weighted by Gasteiger charge is 2.11. The summed E-state index contributed by atoms with van der Waals surface area (Å²) in [7, 11) is 0. The van der Waals surface area contributed by atoms with E-state index in [4.69, 9.17) is 4.74 Å². The SMILES string of the molecule is Cc1cccc(Oc2cccc(CNC(C)(C)C)n2)c1F. The number of hydrogen-bond acceptors (Lipinski definition) is 3. The Bertz CT molecular complexity index is 620. The van der Waals surface area contributed by atoms with Crippen molar-refractivity contribution in [1.29, 1.82) is 0 Å². The molecule has 0 bridgehead atoms. The number of aryl methyl sites for hydroxylation is 1. The first-order valence-electron chi connectivity index (χ1n) is 6.99. The summed E-state index contributed by atoms with van der Waals surface area (Å²) in [5.74, 6) is 0.244. The number of pyridine rings is 1. The minimum atomic E-state index is -0.350. The molecular formula is C17H21FN2O. The molecule has 0 aliphatic carbocycles. The van der Waals surface area contributed by atoms with Crippen LogP contribution in [-0.2, 0) is 6.54 Å². The van der Waals surface area contributed by atoms with Crippen LogP contribution in [0.4, 0.5) is 4.39 Å². The molecule has 2 aromatic rings. The Balaban J connectivity index is 2.12. The van der Waals surface area contributed by atoms with Crippen molar-refractivity contribution in [2.45, 2.75) is 39.8 Å². The first-order valence-corrected chi connectivity index (χ1v) is 6.99.